The summed E-state index contributed by atoms with van der Waals surface area (Å²) >= 11 is 0. The summed E-state index contributed by atoms with van der Waals surface area (Å²) in [6, 6.07) is 15.1. The van der Waals surface area contributed by atoms with Crippen LogP contribution < -0.4 is 0 Å². The van der Waals surface area contributed by atoms with Crippen molar-refractivity contribution >= 4 is 17.7 Å². The van der Waals surface area contributed by atoms with E-state index in [1.54, 1.807) is 53.6 Å². The van der Waals surface area contributed by atoms with Gasteiger partial charge in [0.2, 0.25) is 0 Å². The van der Waals surface area contributed by atoms with Gasteiger partial charge in [-0.1, -0.05) is 30.3 Å². The fourth-order valence-corrected chi connectivity index (χ4v) is 2.90. The molecule has 0 amide bonds. The van der Waals surface area contributed by atoms with Gasteiger partial charge in [0.15, 0.2) is 0 Å². The number of hydrogen-bond acceptors (Lipinski definition) is 6. The topological polar surface area (TPSA) is 72.9 Å². The number of hydroxylamine groups is 2. The zero-order valence-electron chi connectivity index (χ0n) is 14.4. The van der Waals surface area contributed by atoms with Crippen molar-refractivity contribution in [1.29, 1.82) is 0 Å². The number of nitrogens with zero attached hydrogens (tertiary/aromatic N) is 1. The molecule has 1 atom stereocenters. The first kappa shape index (κ1) is 17.8. The van der Waals surface area contributed by atoms with Crippen LogP contribution in [-0.2, 0) is 14.4 Å². The van der Waals surface area contributed by atoms with Crippen LogP contribution in [0, 0.1) is 0 Å². The first-order valence-corrected chi connectivity index (χ1v) is 8.32. The monoisotopic (exact) mass is 353 g/mol. The van der Waals surface area contributed by atoms with Crippen LogP contribution in [0.4, 0.5) is 0 Å². The first-order chi connectivity index (χ1) is 12.6. The van der Waals surface area contributed by atoms with E-state index in [1.165, 1.54) is 7.11 Å². The van der Waals surface area contributed by atoms with Crippen LogP contribution in [0.2, 0.25) is 0 Å². The maximum absolute atomic E-state index is 12.3. The number of esters is 1. The molecule has 0 bridgehead atoms. The van der Waals surface area contributed by atoms with Gasteiger partial charge in [-0.3, -0.25) is 4.79 Å². The molecule has 26 heavy (non-hydrogen) atoms. The van der Waals surface area contributed by atoms with Crippen LogP contribution in [0.1, 0.15) is 45.2 Å². The largest absolute Gasteiger partial charge is 0.465 e. The number of methoxy groups -OCH3 is 1. The average Bonchev–Trinajstić information content (AvgIpc) is 2.69. The number of Topliss-reactive ketones (excluding diaryl/α,β-unsaturated/α-hetero) is 1. The summed E-state index contributed by atoms with van der Waals surface area (Å²) in [6.07, 6.45) is 0.582. The standard InChI is InChI=1S/C20H19NO5/c1-25-19(23)16-9-7-14(8-10-16)18-13-17(22)11-12-21(18)26-20(24)15-5-3-2-4-6-15/h2-10,18H,11-13H2,1H3. The van der Waals surface area contributed by atoms with Crippen LogP contribution in [0.3, 0.4) is 0 Å². The summed E-state index contributed by atoms with van der Waals surface area (Å²) in [7, 11) is 1.32. The lowest BCUT2D eigenvalue weighted by molar-refractivity contribution is -0.162. The van der Waals surface area contributed by atoms with Gasteiger partial charge in [0.1, 0.15) is 5.78 Å². The molecule has 2 aromatic rings. The predicted molar refractivity (Wildman–Crippen MR) is 93.3 cm³/mol. The molecule has 0 N–H and O–H groups in total. The molecule has 1 heterocycles. The van der Waals surface area contributed by atoms with Crippen molar-refractivity contribution in [3.8, 4) is 0 Å². The molecule has 6 heteroatoms. The second-order valence-corrected chi connectivity index (χ2v) is 6.01. The summed E-state index contributed by atoms with van der Waals surface area (Å²) in [6.45, 7) is 0.334. The Hall–Kier alpha value is -2.99. The van der Waals surface area contributed by atoms with E-state index in [9.17, 15) is 14.4 Å². The van der Waals surface area contributed by atoms with Gasteiger partial charge in [-0.2, -0.15) is 0 Å². The number of ether oxygens (including phenoxy) is 1. The quantitative estimate of drug-likeness (QED) is 0.787. The third-order valence-corrected chi connectivity index (χ3v) is 4.31. The number of hydrogen-bond donors (Lipinski definition) is 0. The minimum atomic E-state index is -0.462. The highest BCUT2D eigenvalue weighted by atomic mass is 16.7. The zero-order valence-corrected chi connectivity index (χ0v) is 14.4. The highest BCUT2D eigenvalue weighted by Crippen LogP contribution is 2.30. The molecule has 0 radical (unpaired) electrons. The van der Waals surface area contributed by atoms with E-state index in [4.69, 9.17) is 4.84 Å². The molecule has 0 aliphatic carbocycles. The van der Waals surface area contributed by atoms with E-state index in [1.807, 2.05) is 6.07 Å². The fraction of sp³-hybridized carbons (Fsp3) is 0.250. The molecule has 134 valence electrons. The van der Waals surface area contributed by atoms with E-state index in [2.05, 4.69) is 4.74 Å². The Kier molecular flexibility index (Phi) is 5.43. The van der Waals surface area contributed by atoms with Crippen LogP contribution in [-0.4, -0.2) is 36.4 Å². The van der Waals surface area contributed by atoms with Crippen LogP contribution in [0.5, 0.6) is 0 Å². The van der Waals surface area contributed by atoms with Crippen LogP contribution >= 0.6 is 0 Å². The zero-order chi connectivity index (χ0) is 18.5. The molecule has 1 fully saturated rings. The Morgan fingerprint density at radius 2 is 1.62 bits per heavy atom. The summed E-state index contributed by atoms with van der Waals surface area (Å²) in [4.78, 5) is 41.4. The molecule has 2 aromatic carbocycles. The van der Waals surface area contributed by atoms with Gasteiger partial charge in [-0.05, 0) is 29.8 Å². The Balaban J connectivity index is 1.79. The molecule has 1 aliphatic heterocycles. The van der Waals surface area contributed by atoms with Crippen LogP contribution in [0.25, 0.3) is 0 Å². The van der Waals surface area contributed by atoms with Crippen molar-refractivity contribution in [3.63, 3.8) is 0 Å². The summed E-state index contributed by atoms with van der Waals surface area (Å²) in [5, 5.41) is 1.55. The third kappa shape index (κ3) is 3.97. The lowest BCUT2D eigenvalue weighted by atomic mass is 9.95. The molecule has 0 aromatic heterocycles. The SMILES string of the molecule is COC(=O)c1ccc(C2CC(=O)CCN2OC(=O)c2ccccc2)cc1. The Morgan fingerprint density at radius 3 is 2.27 bits per heavy atom. The molecule has 1 unspecified atom stereocenters. The van der Waals surface area contributed by atoms with Crippen molar-refractivity contribution in [2.45, 2.75) is 18.9 Å². The van der Waals surface area contributed by atoms with Gasteiger partial charge < -0.3 is 9.57 Å². The van der Waals surface area contributed by atoms with Gasteiger partial charge >= 0.3 is 11.9 Å². The van der Waals surface area contributed by atoms with Crippen molar-refractivity contribution < 1.29 is 24.0 Å². The Labute approximate surface area is 151 Å². The van der Waals surface area contributed by atoms with Gasteiger partial charge in [0, 0.05) is 19.4 Å². The van der Waals surface area contributed by atoms with E-state index >= 15 is 0 Å². The molecule has 0 spiro atoms. The van der Waals surface area contributed by atoms with Gasteiger partial charge in [-0.25, -0.2) is 9.59 Å². The lowest BCUT2D eigenvalue weighted by Gasteiger charge is -2.33. The number of piperidine rings is 1. The second-order valence-electron chi connectivity index (χ2n) is 6.01. The van der Waals surface area contributed by atoms with E-state index in [0.29, 0.717) is 24.1 Å². The molecular formula is C20H19NO5. The van der Waals surface area contributed by atoms with Crippen molar-refractivity contribution in [2.75, 3.05) is 13.7 Å². The van der Waals surface area contributed by atoms with E-state index < -0.39 is 11.9 Å². The molecule has 6 nitrogen and oxygen atoms in total. The third-order valence-electron chi connectivity index (χ3n) is 4.31. The number of rotatable bonds is 4. The van der Waals surface area contributed by atoms with Crippen molar-refractivity contribution in [1.82, 2.24) is 5.06 Å². The molecular weight excluding hydrogens is 334 g/mol. The van der Waals surface area contributed by atoms with Crippen molar-refractivity contribution in [3.05, 3.63) is 71.3 Å². The fourth-order valence-electron chi connectivity index (χ4n) is 2.90. The normalized spacial score (nSPS) is 17.6. The van der Waals surface area contributed by atoms with E-state index in [0.717, 1.165) is 5.56 Å². The van der Waals surface area contributed by atoms with Gasteiger partial charge in [0.05, 0.1) is 24.3 Å². The number of carbonyl (C=O) groups is 3. The number of benzene rings is 2. The predicted octanol–water partition coefficient (Wildman–Crippen LogP) is 2.95. The highest BCUT2D eigenvalue weighted by Gasteiger charge is 2.31. The summed E-state index contributed by atoms with van der Waals surface area (Å²) < 4.78 is 4.69. The minimum absolute atomic E-state index is 0.110. The lowest BCUT2D eigenvalue weighted by Crippen LogP contribution is -2.38. The smallest absolute Gasteiger partial charge is 0.357 e. The van der Waals surface area contributed by atoms with E-state index in [-0.39, 0.29) is 18.2 Å². The Bertz CT molecular complexity index is 801. The van der Waals surface area contributed by atoms with Gasteiger partial charge in [-0.15, -0.1) is 5.06 Å². The number of carbonyl (C=O) groups excluding carboxylic acids is 3. The first-order valence-electron chi connectivity index (χ1n) is 8.32. The highest BCUT2D eigenvalue weighted by molar-refractivity contribution is 5.90. The second kappa shape index (κ2) is 7.93. The Morgan fingerprint density at radius 1 is 0.962 bits per heavy atom. The molecule has 1 aliphatic rings. The maximum Gasteiger partial charge on any atom is 0.357 e. The molecule has 0 saturated carbocycles. The van der Waals surface area contributed by atoms with Crippen molar-refractivity contribution in [2.24, 2.45) is 0 Å². The van der Waals surface area contributed by atoms with Gasteiger partial charge in [0.25, 0.3) is 0 Å². The molecule has 1 saturated heterocycles. The summed E-state index contributed by atoms with van der Waals surface area (Å²) in [5.41, 5.74) is 1.67. The average molecular weight is 353 g/mol. The maximum atomic E-state index is 12.3. The minimum Gasteiger partial charge on any atom is -0.465 e. The summed E-state index contributed by atoms with van der Waals surface area (Å²) in [5.74, 6) is -0.779. The number of ketones is 1. The van der Waals surface area contributed by atoms with Crippen LogP contribution in [0.15, 0.2) is 54.6 Å². The molecule has 3 rings (SSSR count).